The van der Waals surface area contributed by atoms with E-state index in [1.54, 1.807) is 6.08 Å². The lowest BCUT2D eigenvalue weighted by Crippen LogP contribution is -2.08. The molecule has 2 aliphatic rings. The van der Waals surface area contributed by atoms with Gasteiger partial charge in [0, 0.05) is 5.57 Å². The summed E-state index contributed by atoms with van der Waals surface area (Å²) in [5, 5.41) is 8.55. The Morgan fingerprint density at radius 1 is 1.80 bits per heavy atom. The topological polar surface area (TPSA) is 49.8 Å². The Bertz CT molecular complexity index is 207. The van der Waals surface area contributed by atoms with Gasteiger partial charge in [-0.3, -0.25) is 0 Å². The van der Waals surface area contributed by atoms with Gasteiger partial charge in [-0.1, -0.05) is 0 Å². The summed E-state index contributed by atoms with van der Waals surface area (Å²) in [6.07, 6.45) is 3.72. The molecule has 0 bridgehead atoms. The lowest BCUT2D eigenvalue weighted by atomic mass is 10.0. The van der Waals surface area contributed by atoms with Gasteiger partial charge in [0.15, 0.2) is 0 Å². The van der Waals surface area contributed by atoms with Gasteiger partial charge >= 0.3 is 5.97 Å². The highest BCUT2D eigenvalue weighted by atomic mass is 16.6. The summed E-state index contributed by atoms with van der Waals surface area (Å²) in [5.41, 5.74) is 0.513. The minimum Gasteiger partial charge on any atom is -0.478 e. The predicted octanol–water partition coefficient (Wildman–Crippen LogP) is 0.559. The molecule has 2 rings (SSSR count). The molecule has 0 aromatic rings. The van der Waals surface area contributed by atoms with E-state index < -0.39 is 5.97 Å². The van der Waals surface area contributed by atoms with Crippen molar-refractivity contribution in [3.05, 3.63) is 11.6 Å². The predicted molar refractivity (Wildman–Crippen MR) is 33.6 cm³/mol. The van der Waals surface area contributed by atoms with Crippen LogP contribution in [-0.2, 0) is 9.53 Å². The summed E-state index contributed by atoms with van der Waals surface area (Å²) in [7, 11) is 0. The second-order valence-corrected chi connectivity index (χ2v) is 2.67. The van der Waals surface area contributed by atoms with Crippen molar-refractivity contribution in [2.75, 3.05) is 0 Å². The number of rotatable bonds is 1. The third-order valence-corrected chi connectivity index (χ3v) is 1.96. The van der Waals surface area contributed by atoms with Crippen LogP contribution in [0.1, 0.15) is 12.8 Å². The number of carboxylic acid groups (broad SMARTS) is 1. The molecule has 0 spiro atoms. The Kier molecular flexibility index (Phi) is 1.08. The van der Waals surface area contributed by atoms with E-state index in [0.717, 1.165) is 6.42 Å². The van der Waals surface area contributed by atoms with Gasteiger partial charge in [0.1, 0.15) is 6.10 Å². The number of carboxylic acids is 1. The summed E-state index contributed by atoms with van der Waals surface area (Å²) >= 11 is 0. The molecule has 0 saturated carbocycles. The van der Waals surface area contributed by atoms with Crippen molar-refractivity contribution >= 4 is 5.97 Å². The summed E-state index contributed by atoms with van der Waals surface area (Å²) in [5.74, 6) is -0.797. The average Bonchev–Trinajstić information content (AvgIpc) is 2.63. The van der Waals surface area contributed by atoms with E-state index in [0.29, 0.717) is 18.1 Å². The molecule has 54 valence electrons. The monoisotopic (exact) mass is 140 g/mol. The third kappa shape index (κ3) is 0.827. The van der Waals surface area contributed by atoms with Gasteiger partial charge in [-0.15, -0.1) is 0 Å². The molecule has 1 aliphatic carbocycles. The number of hydrogen-bond acceptors (Lipinski definition) is 2. The van der Waals surface area contributed by atoms with E-state index in [4.69, 9.17) is 9.84 Å². The van der Waals surface area contributed by atoms with Gasteiger partial charge in [0.25, 0.3) is 0 Å². The fraction of sp³-hybridized carbons (Fsp3) is 0.571. The fourth-order valence-electron chi connectivity index (χ4n) is 1.29. The van der Waals surface area contributed by atoms with Crippen LogP contribution in [0.5, 0.6) is 0 Å². The Hall–Kier alpha value is -0.830. The van der Waals surface area contributed by atoms with Gasteiger partial charge < -0.3 is 9.84 Å². The normalized spacial score (nSPS) is 36.2. The molecule has 0 aromatic heterocycles. The average molecular weight is 140 g/mol. The van der Waals surface area contributed by atoms with E-state index in [2.05, 4.69) is 0 Å². The zero-order chi connectivity index (χ0) is 7.14. The molecule has 2 unspecified atom stereocenters. The molecule has 10 heavy (non-hydrogen) atoms. The minimum atomic E-state index is -0.797. The number of carbonyl (C=O) groups is 1. The Labute approximate surface area is 58.3 Å². The summed E-state index contributed by atoms with van der Waals surface area (Å²) in [4.78, 5) is 10.4. The molecule has 0 aromatic carbocycles. The molecule has 2 atom stereocenters. The quantitative estimate of drug-likeness (QED) is 0.541. The number of ether oxygens (including phenoxy) is 1. The Morgan fingerprint density at radius 2 is 2.60 bits per heavy atom. The fourth-order valence-corrected chi connectivity index (χ4v) is 1.29. The van der Waals surface area contributed by atoms with E-state index in [1.165, 1.54) is 0 Å². The van der Waals surface area contributed by atoms with Crippen molar-refractivity contribution in [3.63, 3.8) is 0 Å². The van der Waals surface area contributed by atoms with E-state index >= 15 is 0 Å². The first-order valence-corrected chi connectivity index (χ1v) is 3.37. The Morgan fingerprint density at radius 3 is 3.20 bits per heavy atom. The van der Waals surface area contributed by atoms with Crippen LogP contribution in [0.25, 0.3) is 0 Å². The van der Waals surface area contributed by atoms with Gasteiger partial charge in [-0.25, -0.2) is 4.79 Å². The van der Waals surface area contributed by atoms with Crippen molar-refractivity contribution in [2.24, 2.45) is 0 Å². The summed E-state index contributed by atoms with van der Waals surface area (Å²) in [6, 6.07) is 0. The van der Waals surface area contributed by atoms with Crippen molar-refractivity contribution in [3.8, 4) is 0 Å². The number of aliphatic carboxylic acids is 1. The maximum absolute atomic E-state index is 10.4. The van der Waals surface area contributed by atoms with Crippen LogP contribution in [0, 0.1) is 0 Å². The molecule has 0 amide bonds. The molecule has 3 nitrogen and oxygen atoms in total. The lowest BCUT2D eigenvalue weighted by molar-refractivity contribution is -0.132. The van der Waals surface area contributed by atoms with Crippen molar-refractivity contribution in [1.82, 2.24) is 0 Å². The zero-order valence-corrected chi connectivity index (χ0v) is 5.41. The van der Waals surface area contributed by atoms with Gasteiger partial charge in [-0.05, 0) is 18.9 Å². The first-order chi connectivity index (χ1) is 4.77. The highest BCUT2D eigenvalue weighted by molar-refractivity contribution is 5.87. The first-order valence-electron chi connectivity index (χ1n) is 3.37. The highest BCUT2D eigenvalue weighted by Gasteiger charge is 2.40. The molecular weight excluding hydrogens is 132 g/mol. The Balaban J connectivity index is 2.14. The van der Waals surface area contributed by atoms with Crippen molar-refractivity contribution in [1.29, 1.82) is 0 Å². The molecule has 1 aliphatic heterocycles. The third-order valence-electron chi connectivity index (χ3n) is 1.96. The maximum Gasteiger partial charge on any atom is 0.331 e. The highest BCUT2D eigenvalue weighted by Crippen LogP contribution is 2.34. The summed E-state index contributed by atoms with van der Waals surface area (Å²) < 4.78 is 5.12. The van der Waals surface area contributed by atoms with Gasteiger partial charge in [0.2, 0.25) is 0 Å². The maximum atomic E-state index is 10.4. The van der Waals surface area contributed by atoms with Crippen LogP contribution < -0.4 is 0 Å². The first kappa shape index (κ1) is 5.92. The molecular formula is C7H8O3. The molecule has 3 heteroatoms. The van der Waals surface area contributed by atoms with Gasteiger partial charge in [0.05, 0.1) is 6.10 Å². The van der Waals surface area contributed by atoms with E-state index in [1.807, 2.05) is 0 Å². The van der Waals surface area contributed by atoms with Crippen LogP contribution >= 0.6 is 0 Å². The standard InChI is InChI=1S/C7H8O3/c8-7(9)4-1-2-5-6(3-4)10-5/h3,5-6H,1-2H2,(H,8,9). The summed E-state index contributed by atoms with van der Waals surface area (Å²) in [6.45, 7) is 0. The second kappa shape index (κ2) is 1.83. The molecule has 1 N–H and O–H groups in total. The molecule has 1 heterocycles. The van der Waals surface area contributed by atoms with Crippen LogP contribution in [0.15, 0.2) is 11.6 Å². The minimum absolute atomic E-state index is 0.125. The van der Waals surface area contributed by atoms with E-state index in [9.17, 15) is 4.79 Å². The number of epoxide rings is 1. The largest absolute Gasteiger partial charge is 0.478 e. The molecule has 1 saturated heterocycles. The SMILES string of the molecule is O=C(O)C1=CC2OC2CC1. The lowest BCUT2D eigenvalue weighted by Gasteiger charge is -2.02. The van der Waals surface area contributed by atoms with Crippen LogP contribution in [0.3, 0.4) is 0 Å². The van der Waals surface area contributed by atoms with Crippen LogP contribution in [-0.4, -0.2) is 23.3 Å². The smallest absolute Gasteiger partial charge is 0.331 e. The van der Waals surface area contributed by atoms with Crippen LogP contribution in [0.4, 0.5) is 0 Å². The van der Waals surface area contributed by atoms with Crippen molar-refractivity contribution in [2.45, 2.75) is 25.0 Å². The number of fused-ring (bicyclic) bond motifs is 1. The second-order valence-electron chi connectivity index (χ2n) is 2.67. The molecule has 0 radical (unpaired) electrons. The zero-order valence-electron chi connectivity index (χ0n) is 5.41. The van der Waals surface area contributed by atoms with Crippen LogP contribution in [0.2, 0.25) is 0 Å². The van der Waals surface area contributed by atoms with Crippen molar-refractivity contribution < 1.29 is 14.6 Å². The number of hydrogen-bond donors (Lipinski definition) is 1. The molecule has 1 fully saturated rings. The van der Waals surface area contributed by atoms with E-state index in [-0.39, 0.29) is 6.10 Å². The van der Waals surface area contributed by atoms with Gasteiger partial charge in [-0.2, -0.15) is 0 Å².